The minimum Gasteiger partial charge on any atom is -0.494 e. The Morgan fingerprint density at radius 2 is 1.59 bits per heavy atom. The summed E-state index contributed by atoms with van der Waals surface area (Å²) >= 11 is 1.44. The zero-order valence-corrected chi connectivity index (χ0v) is 19.2. The fourth-order valence-corrected chi connectivity index (χ4v) is 3.64. The van der Waals surface area contributed by atoms with E-state index in [9.17, 15) is 9.59 Å². The van der Waals surface area contributed by atoms with Crippen molar-refractivity contribution in [1.82, 2.24) is 0 Å². The lowest BCUT2D eigenvalue weighted by Gasteiger charge is -2.09. The van der Waals surface area contributed by atoms with Crippen LogP contribution in [0.3, 0.4) is 0 Å². The summed E-state index contributed by atoms with van der Waals surface area (Å²) in [6, 6.07) is 22.3. The number of ether oxygens (including phenoxy) is 1. The topological polar surface area (TPSA) is 67.4 Å². The van der Waals surface area contributed by atoms with E-state index in [-0.39, 0.29) is 11.8 Å². The molecule has 3 aromatic carbocycles. The Hall–Kier alpha value is -3.25. The van der Waals surface area contributed by atoms with Crippen molar-refractivity contribution in [2.45, 2.75) is 31.6 Å². The number of rotatable bonds is 10. The molecular formula is C26H28N2O3S. The van der Waals surface area contributed by atoms with Gasteiger partial charge in [0, 0.05) is 21.8 Å². The molecule has 0 atom stereocenters. The third kappa shape index (κ3) is 7.46. The molecule has 0 radical (unpaired) electrons. The average Bonchev–Trinajstić information content (AvgIpc) is 2.80. The second-order valence-electron chi connectivity index (χ2n) is 7.41. The van der Waals surface area contributed by atoms with E-state index >= 15 is 0 Å². The largest absolute Gasteiger partial charge is 0.494 e. The van der Waals surface area contributed by atoms with Crippen LogP contribution in [0.15, 0.2) is 77.7 Å². The van der Waals surface area contributed by atoms with E-state index in [1.165, 1.54) is 11.8 Å². The van der Waals surface area contributed by atoms with Gasteiger partial charge in [0.1, 0.15) is 5.75 Å². The van der Waals surface area contributed by atoms with Gasteiger partial charge in [-0.15, -0.1) is 11.8 Å². The van der Waals surface area contributed by atoms with Crippen molar-refractivity contribution in [2.24, 2.45) is 0 Å². The fourth-order valence-electron chi connectivity index (χ4n) is 2.94. The molecule has 5 nitrogen and oxygen atoms in total. The van der Waals surface area contributed by atoms with Crippen LogP contribution in [0, 0.1) is 6.92 Å². The van der Waals surface area contributed by atoms with E-state index in [1.54, 1.807) is 6.07 Å². The number of thioether (sulfide) groups is 1. The van der Waals surface area contributed by atoms with E-state index in [2.05, 4.69) is 17.6 Å². The molecule has 0 aliphatic rings. The summed E-state index contributed by atoms with van der Waals surface area (Å²) in [5, 5.41) is 5.79. The Labute approximate surface area is 193 Å². The van der Waals surface area contributed by atoms with Gasteiger partial charge in [-0.05, 0) is 74.0 Å². The van der Waals surface area contributed by atoms with Crippen LogP contribution in [0.1, 0.15) is 35.7 Å². The van der Waals surface area contributed by atoms with Crippen molar-refractivity contribution in [3.05, 3.63) is 83.9 Å². The number of unbranched alkanes of at least 4 members (excludes halogenated alkanes) is 1. The third-order valence-electron chi connectivity index (χ3n) is 4.67. The number of benzene rings is 3. The van der Waals surface area contributed by atoms with Crippen LogP contribution in [0.4, 0.5) is 11.4 Å². The van der Waals surface area contributed by atoms with Gasteiger partial charge in [0.15, 0.2) is 0 Å². The van der Waals surface area contributed by atoms with Gasteiger partial charge < -0.3 is 15.4 Å². The number of carbonyl (C=O) groups excluding carboxylic acids is 2. The van der Waals surface area contributed by atoms with Crippen LogP contribution in [-0.2, 0) is 4.79 Å². The zero-order valence-electron chi connectivity index (χ0n) is 18.4. The summed E-state index contributed by atoms with van der Waals surface area (Å²) in [6.45, 7) is 4.78. The molecule has 0 aliphatic heterocycles. The van der Waals surface area contributed by atoms with Gasteiger partial charge in [-0.2, -0.15) is 0 Å². The molecule has 0 saturated heterocycles. The maximum atomic E-state index is 12.3. The van der Waals surface area contributed by atoms with Crippen molar-refractivity contribution in [1.29, 1.82) is 0 Å². The number of hydrogen-bond acceptors (Lipinski definition) is 4. The minimum atomic E-state index is -0.143. The van der Waals surface area contributed by atoms with E-state index in [4.69, 9.17) is 4.74 Å². The lowest BCUT2D eigenvalue weighted by Crippen LogP contribution is -2.14. The quantitative estimate of drug-likeness (QED) is 0.288. The highest BCUT2D eigenvalue weighted by atomic mass is 32.2. The van der Waals surface area contributed by atoms with Gasteiger partial charge in [-0.1, -0.05) is 31.0 Å². The lowest BCUT2D eigenvalue weighted by atomic mass is 10.1. The standard InChI is InChI=1S/C26H28N2O3S/c1-3-4-16-31-23-12-8-21(9-13-23)27-25(29)18-32-24-14-10-22(11-15-24)28-26(30)20-7-5-6-19(2)17-20/h5-15,17H,3-4,16,18H2,1-2H3,(H,27,29)(H,28,30). The average molecular weight is 449 g/mol. The molecule has 3 aromatic rings. The van der Waals surface area contributed by atoms with Crippen molar-refractivity contribution < 1.29 is 14.3 Å². The van der Waals surface area contributed by atoms with Crippen LogP contribution < -0.4 is 15.4 Å². The van der Waals surface area contributed by atoms with E-state index in [0.717, 1.165) is 34.7 Å². The molecule has 0 heterocycles. The van der Waals surface area contributed by atoms with Crippen LogP contribution in [0.25, 0.3) is 0 Å². The molecule has 0 bridgehead atoms. The van der Waals surface area contributed by atoms with Crippen LogP contribution >= 0.6 is 11.8 Å². The van der Waals surface area contributed by atoms with Crippen LogP contribution in [-0.4, -0.2) is 24.2 Å². The fraction of sp³-hybridized carbons (Fsp3) is 0.231. The van der Waals surface area contributed by atoms with Gasteiger partial charge in [0.05, 0.1) is 12.4 Å². The maximum absolute atomic E-state index is 12.3. The molecule has 0 fully saturated rings. The second-order valence-corrected chi connectivity index (χ2v) is 8.46. The van der Waals surface area contributed by atoms with Gasteiger partial charge in [-0.25, -0.2) is 0 Å². The number of amides is 2. The predicted octanol–water partition coefficient (Wildman–Crippen LogP) is 6.16. The summed E-state index contributed by atoms with van der Waals surface area (Å²) in [5.41, 5.74) is 3.12. The number of anilines is 2. The first-order chi connectivity index (χ1) is 15.5. The minimum absolute atomic E-state index is 0.0773. The van der Waals surface area contributed by atoms with Crippen molar-refractivity contribution in [2.75, 3.05) is 23.0 Å². The molecule has 6 heteroatoms. The summed E-state index contributed by atoms with van der Waals surface area (Å²) in [4.78, 5) is 25.6. The Morgan fingerprint density at radius 1 is 0.906 bits per heavy atom. The monoisotopic (exact) mass is 448 g/mol. The first-order valence-electron chi connectivity index (χ1n) is 10.7. The Kier molecular flexibility index (Phi) is 8.75. The molecule has 166 valence electrons. The summed E-state index contributed by atoms with van der Waals surface area (Å²) < 4.78 is 5.63. The maximum Gasteiger partial charge on any atom is 0.255 e. The third-order valence-corrected chi connectivity index (χ3v) is 5.68. The molecule has 0 aliphatic carbocycles. The molecule has 2 N–H and O–H groups in total. The van der Waals surface area contributed by atoms with Gasteiger partial charge >= 0.3 is 0 Å². The molecule has 0 spiro atoms. The SMILES string of the molecule is CCCCOc1ccc(NC(=O)CSc2ccc(NC(=O)c3cccc(C)c3)cc2)cc1. The summed E-state index contributed by atoms with van der Waals surface area (Å²) in [5.74, 6) is 0.881. The Balaban J connectivity index is 1.44. The van der Waals surface area contributed by atoms with Crippen molar-refractivity contribution >= 4 is 35.0 Å². The van der Waals surface area contributed by atoms with Crippen LogP contribution in [0.2, 0.25) is 0 Å². The van der Waals surface area contributed by atoms with E-state index in [1.807, 2.05) is 73.7 Å². The lowest BCUT2D eigenvalue weighted by molar-refractivity contribution is -0.113. The number of hydrogen-bond donors (Lipinski definition) is 2. The smallest absolute Gasteiger partial charge is 0.255 e. The number of aryl methyl sites for hydroxylation is 1. The van der Waals surface area contributed by atoms with Crippen molar-refractivity contribution in [3.8, 4) is 5.75 Å². The molecule has 3 rings (SSSR count). The Bertz CT molecular complexity index is 1030. The molecule has 2 amide bonds. The molecular weight excluding hydrogens is 420 g/mol. The second kappa shape index (κ2) is 12.0. The first-order valence-corrected chi connectivity index (χ1v) is 11.7. The van der Waals surface area contributed by atoms with Gasteiger partial charge in [0.25, 0.3) is 5.91 Å². The highest BCUT2D eigenvalue weighted by Gasteiger charge is 2.07. The molecule has 0 unspecified atom stereocenters. The normalized spacial score (nSPS) is 10.4. The first kappa shape index (κ1) is 23.4. The predicted molar refractivity (Wildman–Crippen MR) is 132 cm³/mol. The van der Waals surface area contributed by atoms with Crippen LogP contribution in [0.5, 0.6) is 5.75 Å². The highest BCUT2D eigenvalue weighted by Crippen LogP contribution is 2.22. The molecule has 0 saturated carbocycles. The van der Waals surface area contributed by atoms with Crippen molar-refractivity contribution in [3.63, 3.8) is 0 Å². The van der Waals surface area contributed by atoms with Gasteiger partial charge in [-0.3, -0.25) is 9.59 Å². The zero-order chi connectivity index (χ0) is 22.8. The van der Waals surface area contributed by atoms with E-state index in [0.29, 0.717) is 23.6 Å². The Morgan fingerprint density at radius 3 is 2.28 bits per heavy atom. The summed E-state index contributed by atoms with van der Waals surface area (Å²) in [7, 11) is 0. The highest BCUT2D eigenvalue weighted by molar-refractivity contribution is 8.00. The van der Waals surface area contributed by atoms with E-state index < -0.39 is 0 Å². The number of carbonyl (C=O) groups is 2. The molecule has 32 heavy (non-hydrogen) atoms. The van der Waals surface area contributed by atoms with Gasteiger partial charge in [0.2, 0.25) is 5.91 Å². The number of nitrogens with one attached hydrogen (secondary N) is 2. The molecule has 0 aromatic heterocycles. The summed E-state index contributed by atoms with van der Waals surface area (Å²) in [6.07, 6.45) is 2.12.